The summed E-state index contributed by atoms with van der Waals surface area (Å²) >= 11 is 0. The highest BCUT2D eigenvalue weighted by Crippen LogP contribution is 2.19. The molecule has 9 heteroatoms. The minimum Gasteiger partial charge on any atom is -0.385 e. The number of nitrogens with one attached hydrogen (secondary N) is 2. The van der Waals surface area contributed by atoms with Crippen LogP contribution in [0.15, 0.2) is 4.99 Å². The van der Waals surface area contributed by atoms with E-state index < -0.39 is 0 Å². The molecule has 0 atom stereocenters. The molecule has 0 spiro atoms. The fraction of sp³-hybridized carbons (Fsp3) is 0.842. The van der Waals surface area contributed by atoms with Crippen LogP contribution in [-0.4, -0.2) is 71.1 Å². The molecule has 1 fully saturated rings. The van der Waals surface area contributed by atoms with Crippen molar-refractivity contribution in [3.63, 3.8) is 0 Å². The van der Waals surface area contributed by atoms with Gasteiger partial charge < -0.3 is 19.9 Å². The van der Waals surface area contributed by atoms with Crippen LogP contribution in [-0.2, 0) is 18.3 Å². The Balaban J connectivity index is 0.00000392. The summed E-state index contributed by atoms with van der Waals surface area (Å²) in [6, 6.07) is 0. The van der Waals surface area contributed by atoms with Crippen LogP contribution in [0.25, 0.3) is 0 Å². The predicted molar refractivity (Wildman–Crippen MR) is 124 cm³/mol. The van der Waals surface area contributed by atoms with Crippen LogP contribution < -0.4 is 10.6 Å². The summed E-state index contributed by atoms with van der Waals surface area (Å²) in [5, 5.41) is 15.2. The molecule has 0 aliphatic carbocycles. The fourth-order valence-corrected chi connectivity index (χ4v) is 3.25. The van der Waals surface area contributed by atoms with Crippen LogP contribution in [0.1, 0.15) is 51.2 Å². The maximum atomic E-state index is 5.14. The smallest absolute Gasteiger partial charge is 0.191 e. The SMILES string of the molecule is COCCCNC(=NCc1nnc(C)n1C)NCC(C)(C)N1CCCCC1.I. The minimum atomic E-state index is 0. The molecule has 2 rings (SSSR count). The second-order valence-electron chi connectivity index (χ2n) is 7.87. The third-order valence-electron chi connectivity index (χ3n) is 5.28. The van der Waals surface area contributed by atoms with E-state index in [2.05, 4.69) is 39.6 Å². The number of methoxy groups -OCH3 is 1. The standard InChI is InChI=1S/C19H37N7O.HI/c1-16-23-24-17(25(16)4)14-21-18(20-10-9-13-27-5)22-15-19(2,3)26-11-7-6-8-12-26;/h6-15H2,1-5H3,(H2,20,21,22);1H. The van der Waals surface area contributed by atoms with Gasteiger partial charge in [0.2, 0.25) is 0 Å². The van der Waals surface area contributed by atoms with E-state index in [9.17, 15) is 0 Å². The molecular weight excluding hydrogens is 469 g/mol. The number of piperidine rings is 1. The van der Waals surface area contributed by atoms with Crippen LogP contribution in [0.5, 0.6) is 0 Å². The summed E-state index contributed by atoms with van der Waals surface area (Å²) in [6.45, 7) is 11.8. The number of aryl methyl sites for hydroxylation is 1. The molecule has 0 saturated carbocycles. The van der Waals surface area contributed by atoms with Crippen molar-refractivity contribution in [3.8, 4) is 0 Å². The van der Waals surface area contributed by atoms with Gasteiger partial charge in [-0.05, 0) is 53.1 Å². The van der Waals surface area contributed by atoms with Crippen LogP contribution in [0.3, 0.4) is 0 Å². The Morgan fingerprint density at radius 2 is 1.89 bits per heavy atom. The van der Waals surface area contributed by atoms with Gasteiger partial charge in [0, 0.05) is 39.4 Å². The monoisotopic (exact) mass is 507 g/mol. The summed E-state index contributed by atoms with van der Waals surface area (Å²) in [6.07, 6.45) is 4.89. The zero-order valence-corrected chi connectivity index (χ0v) is 20.5. The van der Waals surface area contributed by atoms with Crippen molar-refractivity contribution < 1.29 is 4.74 Å². The number of rotatable bonds is 9. The Hall–Kier alpha value is -0.940. The third-order valence-corrected chi connectivity index (χ3v) is 5.28. The van der Waals surface area contributed by atoms with E-state index in [-0.39, 0.29) is 29.5 Å². The first kappa shape index (κ1) is 25.1. The molecule has 0 bridgehead atoms. The summed E-state index contributed by atoms with van der Waals surface area (Å²) in [4.78, 5) is 7.31. The van der Waals surface area contributed by atoms with Crippen LogP contribution in [0, 0.1) is 6.92 Å². The highest BCUT2D eigenvalue weighted by Gasteiger charge is 2.27. The molecule has 162 valence electrons. The molecule has 1 saturated heterocycles. The van der Waals surface area contributed by atoms with Gasteiger partial charge in [-0.2, -0.15) is 0 Å². The quantitative estimate of drug-likeness (QED) is 0.231. The summed E-state index contributed by atoms with van der Waals surface area (Å²) in [7, 11) is 3.70. The Morgan fingerprint density at radius 3 is 2.50 bits per heavy atom. The second-order valence-corrected chi connectivity index (χ2v) is 7.87. The number of guanidine groups is 1. The molecule has 0 amide bonds. The van der Waals surface area contributed by atoms with Crippen molar-refractivity contribution in [2.75, 3.05) is 39.9 Å². The maximum absolute atomic E-state index is 5.14. The van der Waals surface area contributed by atoms with E-state index in [1.165, 1.54) is 32.4 Å². The average Bonchev–Trinajstić information content (AvgIpc) is 2.99. The number of hydrogen-bond acceptors (Lipinski definition) is 5. The molecule has 28 heavy (non-hydrogen) atoms. The fourth-order valence-electron chi connectivity index (χ4n) is 3.25. The lowest BCUT2D eigenvalue weighted by atomic mass is 9.98. The molecule has 8 nitrogen and oxygen atoms in total. The summed E-state index contributed by atoms with van der Waals surface area (Å²) in [5.74, 6) is 2.58. The van der Waals surface area contributed by atoms with Crippen molar-refractivity contribution in [2.45, 2.75) is 58.5 Å². The van der Waals surface area contributed by atoms with Crippen molar-refractivity contribution in [1.82, 2.24) is 30.3 Å². The van der Waals surface area contributed by atoms with Gasteiger partial charge in [-0.15, -0.1) is 34.2 Å². The van der Waals surface area contributed by atoms with Gasteiger partial charge in [0.15, 0.2) is 11.8 Å². The lowest BCUT2D eigenvalue weighted by Gasteiger charge is -2.41. The molecule has 0 unspecified atom stereocenters. The Kier molecular flexibility index (Phi) is 11.3. The summed E-state index contributed by atoms with van der Waals surface area (Å²) < 4.78 is 7.11. The molecule has 0 aromatic carbocycles. The maximum Gasteiger partial charge on any atom is 0.191 e. The predicted octanol–water partition coefficient (Wildman–Crippen LogP) is 2.08. The number of halogens is 1. The van der Waals surface area contributed by atoms with E-state index >= 15 is 0 Å². The van der Waals surface area contributed by atoms with Crippen molar-refractivity contribution in [2.24, 2.45) is 12.0 Å². The number of aromatic nitrogens is 3. The van der Waals surface area contributed by atoms with Gasteiger partial charge in [-0.3, -0.25) is 4.90 Å². The first-order valence-electron chi connectivity index (χ1n) is 10.0. The minimum absolute atomic E-state index is 0. The highest BCUT2D eigenvalue weighted by molar-refractivity contribution is 14.0. The molecule has 0 radical (unpaired) electrons. The van der Waals surface area contributed by atoms with Gasteiger partial charge in [-0.25, -0.2) is 4.99 Å². The Morgan fingerprint density at radius 1 is 1.18 bits per heavy atom. The molecule has 1 aromatic rings. The number of nitrogens with zero attached hydrogens (tertiary/aromatic N) is 5. The third kappa shape index (κ3) is 7.82. The first-order valence-corrected chi connectivity index (χ1v) is 10.0. The van der Waals surface area contributed by atoms with Crippen molar-refractivity contribution in [3.05, 3.63) is 11.6 Å². The van der Waals surface area contributed by atoms with Crippen LogP contribution >= 0.6 is 24.0 Å². The Bertz CT molecular complexity index is 597. The average molecular weight is 507 g/mol. The molecule has 2 N–H and O–H groups in total. The van der Waals surface area contributed by atoms with Crippen molar-refractivity contribution >= 4 is 29.9 Å². The normalized spacial score (nSPS) is 16.0. The molecular formula is C19H38IN7O. The van der Waals surface area contributed by atoms with Crippen LogP contribution in [0.4, 0.5) is 0 Å². The van der Waals surface area contributed by atoms with Gasteiger partial charge in [-0.1, -0.05) is 6.42 Å². The summed E-state index contributed by atoms with van der Waals surface area (Å²) in [5.41, 5.74) is 0.0940. The van der Waals surface area contributed by atoms with E-state index in [0.717, 1.165) is 43.7 Å². The zero-order chi connectivity index (χ0) is 19.7. The number of likely N-dealkylation sites (tertiary alicyclic amines) is 1. The van der Waals surface area contributed by atoms with Gasteiger partial charge in [0.25, 0.3) is 0 Å². The highest BCUT2D eigenvalue weighted by atomic mass is 127. The molecule has 1 aromatic heterocycles. The lowest BCUT2D eigenvalue weighted by molar-refractivity contribution is 0.0982. The zero-order valence-electron chi connectivity index (χ0n) is 18.1. The van der Waals surface area contributed by atoms with E-state index in [1.807, 2.05) is 18.5 Å². The topological polar surface area (TPSA) is 79.6 Å². The lowest BCUT2D eigenvalue weighted by Crippen LogP contribution is -2.55. The molecule has 2 heterocycles. The number of hydrogen-bond donors (Lipinski definition) is 2. The van der Waals surface area contributed by atoms with Crippen LogP contribution in [0.2, 0.25) is 0 Å². The van der Waals surface area contributed by atoms with Gasteiger partial charge in [0.05, 0.1) is 0 Å². The van der Waals surface area contributed by atoms with E-state index in [4.69, 9.17) is 9.73 Å². The van der Waals surface area contributed by atoms with Crippen molar-refractivity contribution in [1.29, 1.82) is 0 Å². The van der Waals surface area contributed by atoms with Gasteiger partial charge in [0.1, 0.15) is 12.4 Å². The van der Waals surface area contributed by atoms with Gasteiger partial charge >= 0.3 is 0 Å². The second kappa shape index (κ2) is 12.6. The number of ether oxygens (including phenoxy) is 1. The first-order chi connectivity index (χ1) is 12.9. The molecule has 1 aliphatic heterocycles. The van der Waals surface area contributed by atoms with E-state index in [1.54, 1.807) is 7.11 Å². The Labute approximate surface area is 186 Å². The largest absolute Gasteiger partial charge is 0.385 e. The molecule has 1 aliphatic rings. The number of aliphatic imine (C=N–C) groups is 1. The van der Waals surface area contributed by atoms with E-state index in [0.29, 0.717) is 6.54 Å².